The second kappa shape index (κ2) is 24.8. The van der Waals surface area contributed by atoms with E-state index >= 15 is 0 Å². The topological polar surface area (TPSA) is 217 Å². The summed E-state index contributed by atoms with van der Waals surface area (Å²) in [6.07, 6.45) is 2.99. The Balaban J connectivity index is 0.000000203. The molecule has 5 amide bonds. The molecule has 5 aromatic rings. The van der Waals surface area contributed by atoms with E-state index in [2.05, 4.69) is 78.4 Å². The average Bonchev–Trinajstić information content (AvgIpc) is 3.53. The van der Waals surface area contributed by atoms with E-state index in [-0.39, 0.29) is 62.9 Å². The van der Waals surface area contributed by atoms with Gasteiger partial charge in [0.1, 0.15) is 23.8 Å². The zero-order valence-corrected chi connectivity index (χ0v) is 51.2. The van der Waals surface area contributed by atoms with Gasteiger partial charge in [0.15, 0.2) is 0 Å². The number of carbonyl (C=O) groups excluding carboxylic acids is 6. The third kappa shape index (κ3) is 12.2. The first-order valence-corrected chi connectivity index (χ1v) is 28.7. The lowest BCUT2D eigenvalue weighted by atomic mass is 9.73. The van der Waals surface area contributed by atoms with E-state index in [4.69, 9.17) is 11.3 Å². The number of rotatable bonds is 11. The van der Waals surface area contributed by atoms with Crippen LogP contribution in [0, 0.1) is 75.6 Å². The summed E-state index contributed by atoms with van der Waals surface area (Å²) in [7, 11) is 0. The summed E-state index contributed by atoms with van der Waals surface area (Å²) in [5.41, 5.74) is 0.731. The molecule has 3 aliphatic rings. The van der Waals surface area contributed by atoms with E-state index in [1.54, 1.807) is 27.7 Å². The number of hydroxylamine groups is 2. The summed E-state index contributed by atoms with van der Waals surface area (Å²) in [4.78, 5) is 82.3. The number of carbonyl (C=O) groups is 6. The number of hydrogen-bond donors (Lipinski definition) is 1. The van der Waals surface area contributed by atoms with Crippen LogP contribution in [0.2, 0.25) is 0 Å². The number of esters is 1. The quantitative estimate of drug-likeness (QED) is 0.0565. The highest BCUT2D eigenvalue weighted by molar-refractivity contribution is 6.36. The number of benzene rings is 5. The fourth-order valence-electron chi connectivity index (χ4n) is 12.3. The normalized spacial score (nSPS) is 17.2. The molecule has 3 heterocycles. The van der Waals surface area contributed by atoms with Crippen molar-refractivity contribution in [2.45, 2.75) is 173 Å². The van der Waals surface area contributed by atoms with Crippen LogP contribution in [0.15, 0.2) is 66.7 Å². The number of amides is 5. The first-order chi connectivity index (χ1) is 38.8. The zero-order valence-electron chi connectivity index (χ0n) is 51.2. The lowest BCUT2D eigenvalue weighted by Gasteiger charge is -2.51. The van der Waals surface area contributed by atoms with Gasteiger partial charge in [-0.25, -0.2) is 15.0 Å². The predicted molar refractivity (Wildman–Crippen MR) is 321 cm³/mol. The maximum Gasteiger partial charge on any atom is 0.312 e. The molecule has 434 valence electrons. The molecule has 2 atom stereocenters. The van der Waals surface area contributed by atoms with Gasteiger partial charge in [-0.1, -0.05) is 112 Å². The molecule has 0 aromatic heterocycles. The number of nitriles is 3. The minimum Gasteiger partial charge on any atom is -0.462 e. The van der Waals surface area contributed by atoms with Crippen LogP contribution < -0.4 is 10.4 Å². The number of fused-ring (bicyclic) bond motifs is 2. The molecule has 83 heavy (non-hydrogen) atoms. The summed E-state index contributed by atoms with van der Waals surface area (Å²) in [6.45, 7) is 41.6. The van der Waals surface area contributed by atoms with E-state index < -0.39 is 51.9 Å². The van der Waals surface area contributed by atoms with Crippen LogP contribution in [0.25, 0.3) is 48.4 Å². The number of ether oxygens (including phenoxy) is 1. The molecule has 0 spiro atoms. The Morgan fingerprint density at radius 3 is 1.55 bits per heavy atom. The van der Waals surface area contributed by atoms with Gasteiger partial charge >= 0.3 is 5.97 Å². The van der Waals surface area contributed by atoms with Gasteiger partial charge in [0.2, 0.25) is 5.91 Å². The van der Waals surface area contributed by atoms with Crippen molar-refractivity contribution < 1.29 is 38.7 Å². The summed E-state index contributed by atoms with van der Waals surface area (Å²) >= 11 is 0. The fourth-order valence-corrected chi connectivity index (χ4v) is 12.3. The van der Waals surface area contributed by atoms with Gasteiger partial charge in [0, 0.05) is 79.3 Å². The van der Waals surface area contributed by atoms with E-state index in [9.17, 15) is 49.8 Å². The second-order valence-corrected chi connectivity index (χ2v) is 25.9. The highest BCUT2D eigenvalue weighted by Gasteiger charge is 2.49. The van der Waals surface area contributed by atoms with Crippen LogP contribution >= 0.6 is 0 Å². The van der Waals surface area contributed by atoms with Crippen molar-refractivity contribution in [3.8, 4) is 18.2 Å². The van der Waals surface area contributed by atoms with Gasteiger partial charge in [-0.2, -0.15) is 15.6 Å². The summed E-state index contributed by atoms with van der Waals surface area (Å²) < 4.78 is 5.96. The summed E-state index contributed by atoms with van der Waals surface area (Å²) in [5.74, 6) is -1.67. The lowest BCUT2D eigenvalue weighted by molar-refractivity contribution is -0.260. The van der Waals surface area contributed by atoms with Crippen molar-refractivity contribution in [3.05, 3.63) is 116 Å². The molecular weight excluding hydrogens is 1040 g/mol. The zero-order chi connectivity index (χ0) is 62.1. The van der Waals surface area contributed by atoms with Crippen LogP contribution in [0.5, 0.6) is 0 Å². The second-order valence-electron chi connectivity index (χ2n) is 25.9. The Hall–Kier alpha value is -8.08. The van der Waals surface area contributed by atoms with Gasteiger partial charge in [-0.05, 0) is 142 Å². The molecular formula is C68H79N7O8. The Morgan fingerprint density at radius 1 is 0.687 bits per heavy atom. The number of piperidine rings is 1. The Labute approximate surface area is 488 Å². The molecule has 1 fully saturated rings. The third-order valence-corrected chi connectivity index (χ3v) is 16.5. The minimum atomic E-state index is -0.730. The standard InChI is InChI=1S/C28H24N4.C21H18N2O5.C19H37NO3/c1-17(2)12-24(18(3)4)19-10-11-23-25(13-19)28(26(16-31)32-5)22-9-7-6-8-21(22)27(23)20(14-29)15-30;1-9(2)17(24)23-20(27)13-7-5-11-15-12(6-8-14(16(13)15)21(23)28)19(26)22(10(3)4)18(11)25;1-13(2)10-19(9,14(3)4)16(21)23-15-11-17(5,6)20(22)18(7,8)12-15/h6-11,13,17-18,24H,12H2,1-4H3;5-10H,1-4H3;13-15,22H,10-12H2,1-9H3/b28-26+;;. The van der Waals surface area contributed by atoms with Crippen molar-refractivity contribution in [1.82, 2.24) is 14.9 Å². The number of nitrogens with zero attached hydrogens (tertiary/aromatic N) is 7. The maximum absolute atomic E-state index is 12.9. The van der Waals surface area contributed by atoms with Crippen molar-refractivity contribution >= 4 is 79.1 Å². The molecule has 0 bridgehead atoms. The number of imide groups is 4. The average molecular weight is 1120 g/mol. The fraction of sp³-hybridized carbons (Fsp3) is 0.471. The molecule has 15 heteroatoms. The SMILES string of the molecule is CC(C)C(=O)N1C(=O)c2ccc3c4c(ccc(c24)C1=O)C(=O)N(C(C)C)C3=O.CC(C)CC(C)(C(=O)OC1CC(C)(C)N(O)C(C)(C)C1)C(C)C.[C-]#[N+]/C(C#N)=c1\c2ccccc2c(=C(C#N)C#N)c2ccc(C(CC(C)C)C(C)C)cc12. The number of hydrogen-bond acceptors (Lipinski definition) is 12. The Bertz CT molecular complexity index is 3660. The Morgan fingerprint density at radius 2 is 1.16 bits per heavy atom. The smallest absolute Gasteiger partial charge is 0.312 e. The first-order valence-electron chi connectivity index (χ1n) is 28.7. The molecule has 5 aromatic carbocycles. The third-order valence-electron chi connectivity index (χ3n) is 16.5. The Kier molecular flexibility index (Phi) is 19.1. The highest BCUT2D eigenvalue weighted by Crippen LogP contribution is 2.42. The molecule has 15 nitrogen and oxygen atoms in total. The lowest BCUT2D eigenvalue weighted by Crippen LogP contribution is -2.61. The largest absolute Gasteiger partial charge is 0.462 e. The van der Waals surface area contributed by atoms with Crippen LogP contribution in [0.1, 0.15) is 196 Å². The van der Waals surface area contributed by atoms with Gasteiger partial charge in [-0.3, -0.25) is 33.7 Å². The van der Waals surface area contributed by atoms with Crippen molar-refractivity contribution in [2.24, 2.45) is 35.0 Å². The molecule has 2 unspecified atom stereocenters. The van der Waals surface area contributed by atoms with E-state index in [1.165, 1.54) is 34.2 Å². The first kappa shape index (κ1) is 64.1. The summed E-state index contributed by atoms with van der Waals surface area (Å²) in [6, 6.07) is 25.1. The minimum absolute atomic E-state index is 0.00956. The van der Waals surface area contributed by atoms with Gasteiger partial charge in [0.25, 0.3) is 29.3 Å². The molecule has 3 aliphatic heterocycles. The van der Waals surface area contributed by atoms with Crippen molar-refractivity contribution in [1.29, 1.82) is 15.8 Å². The highest BCUT2D eigenvalue weighted by atomic mass is 16.6. The van der Waals surface area contributed by atoms with E-state index in [0.29, 0.717) is 73.4 Å². The van der Waals surface area contributed by atoms with Crippen LogP contribution in [0.4, 0.5) is 0 Å². The molecule has 1 saturated heterocycles. The van der Waals surface area contributed by atoms with Gasteiger partial charge in [0.05, 0.1) is 18.1 Å². The van der Waals surface area contributed by atoms with E-state index in [0.717, 1.165) is 23.8 Å². The molecule has 8 rings (SSSR count). The van der Waals surface area contributed by atoms with Crippen molar-refractivity contribution in [3.63, 3.8) is 0 Å². The molecule has 0 saturated carbocycles. The molecule has 0 radical (unpaired) electrons. The van der Waals surface area contributed by atoms with Crippen molar-refractivity contribution in [2.75, 3.05) is 0 Å². The molecule has 1 N–H and O–H groups in total. The van der Waals surface area contributed by atoms with Crippen LogP contribution in [-0.4, -0.2) is 78.8 Å². The maximum atomic E-state index is 12.9. The summed E-state index contributed by atoms with van der Waals surface area (Å²) in [5, 5.41) is 45.4. The van der Waals surface area contributed by atoms with Crippen LogP contribution in [0.3, 0.4) is 0 Å². The van der Waals surface area contributed by atoms with Gasteiger partial charge < -0.3 is 9.94 Å². The van der Waals surface area contributed by atoms with Gasteiger partial charge in [-0.15, -0.1) is 0 Å². The van der Waals surface area contributed by atoms with E-state index in [1.807, 2.05) is 77.1 Å². The molecule has 0 aliphatic carbocycles. The van der Waals surface area contributed by atoms with Crippen LogP contribution in [-0.2, 0) is 14.3 Å². The predicted octanol–water partition coefficient (Wildman–Crippen LogP) is 12.8. The monoisotopic (exact) mass is 1120 g/mol.